The molecule has 0 bridgehead atoms. The second kappa shape index (κ2) is 105. The molecule has 0 spiro atoms. The van der Waals surface area contributed by atoms with Crippen molar-refractivity contribution in [3.8, 4) is 0 Å². The first kappa shape index (κ1) is 64.4. The van der Waals surface area contributed by atoms with Crippen molar-refractivity contribution in [1.82, 2.24) is 0 Å². The van der Waals surface area contributed by atoms with E-state index in [1.165, 1.54) is 0 Å². The molecular weight excluding hydrogens is 607 g/mol. The minimum absolute atomic E-state index is 0.00320. The molecule has 0 unspecified atom stereocenters. The summed E-state index contributed by atoms with van der Waals surface area (Å²) in [6.07, 6.45) is 0. The Labute approximate surface area is 246 Å². The number of hydrogen-bond donors (Lipinski definition) is 18. The topological polar surface area (TPSA) is 400 Å². The maximum absolute atomic E-state index is 10.5. The van der Waals surface area contributed by atoms with Gasteiger partial charge < -0.3 is 101 Å². The third kappa shape index (κ3) is 245. The average Bonchev–Trinajstić information content (AvgIpc) is 3.06. The van der Waals surface area contributed by atoms with E-state index in [0.29, 0.717) is 0 Å². The molecule has 0 aliphatic rings. The first-order chi connectivity index (χ1) is 20.1. The standard InChI is InChI=1S/C4H11O5P.8C2H6O2/c5-1-3-8-10(7)9-4-2-6;8*3-1-2-4/h5-6,10H,1-4H2;8*3-4H,1-2H2. The number of rotatable bonds is 14. The predicted molar refractivity (Wildman–Crippen MR) is 148 cm³/mol. The molecule has 270 valence electrons. The van der Waals surface area contributed by atoms with Crippen LogP contribution in [0.4, 0.5) is 0 Å². The van der Waals surface area contributed by atoms with Crippen molar-refractivity contribution in [2.75, 3.05) is 132 Å². The van der Waals surface area contributed by atoms with Gasteiger partial charge in [0.05, 0.1) is 132 Å². The van der Waals surface area contributed by atoms with Crippen LogP contribution in [0.1, 0.15) is 0 Å². The Morgan fingerprint density at radius 1 is 0.262 bits per heavy atom. The second-order valence-corrected chi connectivity index (χ2v) is 6.05. The van der Waals surface area contributed by atoms with Crippen LogP contribution in [0.15, 0.2) is 0 Å². The van der Waals surface area contributed by atoms with Gasteiger partial charge >= 0.3 is 8.25 Å². The van der Waals surface area contributed by atoms with Crippen LogP contribution < -0.4 is 0 Å². The molecule has 21 nitrogen and oxygen atoms in total. The van der Waals surface area contributed by atoms with E-state index in [1.807, 2.05) is 0 Å². The van der Waals surface area contributed by atoms with Gasteiger partial charge in [-0.3, -0.25) is 4.57 Å². The van der Waals surface area contributed by atoms with Crippen LogP contribution in [0.3, 0.4) is 0 Å². The van der Waals surface area contributed by atoms with Crippen LogP contribution in [0.2, 0.25) is 0 Å². The van der Waals surface area contributed by atoms with Crippen LogP contribution in [-0.4, -0.2) is 224 Å². The Hall–Kier alpha value is -0.570. The fourth-order valence-electron chi connectivity index (χ4n) is 0.300. The van der Waals surface area contributed by atoms with Gasteiger partial charge in [0.15, 0.2) is 0 Å². The molecule has 0 atom stereocenters. The van der Waals surface area contributed by atoms with Gasteiger partial charge in [0, 0.05) is 0 Å². The van der Waals surface area contributed by atoms with Gasteiger partial charge in [0.1, 0.15) is 0 Å². The fourth-order valence-corrected chi connectivity index (χ4v) is 0.899. The zero-order valence-corrected chi connectivity index (χ0v) is 24.9. The van der Waals surface area contributed by atoms with Crippen LogP contribution in [0.5, 0.6) is 0 Å². The quantitative estimate of drug-likeness (QED) is 0.0765. The summed E-state index contributed by atoms with van der Waals surface area (Å²) in [6, 6.07) is 0. The summed E-state index contributed by atoms with van der Waals surface area (Å²) in [5.41, 5.74) is 0. The number of aliphatic hydroxyl groups excluding tert-OH is 18. The second-order valence-electron chi connectivity index (χ2n) is 4.97. The van der Waals surface area contributed by atoms with E-state index >= 15 is 0 Å². The summed E-state index contributed by atoms with van der Waals surface area (Å²) >= 11 is 0. The largest absolute Gasteiger partial charge is 0.394 e. The lowest BCUT2D eigenvalue weighted by atomic mass is 10.8. The highest BCUT2D eigenvalue weighted by Gasteiger charge is 1.96. The Kier molecular flexibility index (Phi) is 161. The molecule has 0 rings (SSSR count). The molecule has 0 amide bonds. The molecule has 42 heavy (non-hydrogen) atoms. The zero-order chi connectivity index (χ0) is 35.1. The van der Waals surface area contributed by atoms with Crippen molar-refractivity contribution < 1.29 is 106 Å². The molecule has 0 aromatic rings. The lowest BCUT2D eigenvalue weighted by molar-refractivity contribution is 0.154. The zero-order valence-electron chi connectivity index (χ0n) is 23.9. The normalized spacial score (nSPS) is 8.26. The lowest BCUT2D eigenvalue weighted by Gasteiger charge is -2.00. The molecule has 0 fully saturated rings. The van der Waals surface area contributed by atoms with Crippen molar-refractivity contribution in [1.29, 1.82) is 0 Å². The SMILES string of the molecule is O=[PH](OCCO)OCCO.OCCO.OCCO.OCCO.OCCO.OCCO.OCCO.OCCO.OCCO. The highest BCUT2D eigenvalue weighted by atomic mass is 31.1. The molecule has 22 heteroatoms. The Balaban J connectivity index is -0.0000000430. The summed E-state index contributed by atoms with van der Waals surface area (Å²) < 4.78 is 19.4. The first-order valence-electron chi connectivity index (χ1n) is 11.9. The Morgan fingerprint density at radius 3 is 0.452 bits per heavy atom. The average molecular weight is 667 g/mol. The number of aliphatic hydroxyl groups is 18. The van der Waals surface area contributed by atoms with Crippen molar-refractivity contribution >= 4 is 8.25 Å². The van der Waals surface area contributed by atoms with E-state index in [-0.39, 0.29) is 132 Å². The lowest BCUT2D eigenvalue weighted by Crippen LogP contribution is -1.96. The molecule has 0 saturated carbocycles. The Bertz CT molecular complexity index is 239. The van der Waals surface area contributed by atoms with E-state index in [0.717, 1.165) is 0 Å². The Morgan fingerprint density at radius 2 is 0.381 bits per heavy atom. The summed E-state index contributed by atoms with van der Waals surface area (Å²) in [5.74, 6) is 0. The molecule has 0 aliphatic heterocycles. The van der Waals surface area contributed by atoms with Gasteiger partial charge in [-0.25, -0.2) is 0 Å². The van der Waals surface area contributed by atoms with Gasteiger partial charge in [0.25, 0.3) is 0 Å². The minimum Gasteiger partial charge on any atom is -0.394 e. The summed E-state index contributed by atoms with van der Waals surface area (Å²) in [5, 5.41) is 138. The van der Waals surface area contributed by atoms with Crippen molar-refractivity contribution in [2.45, 2.75) is 0 Å². The highest BCUT2D eigenvalue weighted by Crippen LogP contribution is 2.22. The maximum atomic E-state index is 10.5. The van der Waals surface area contributed by atoms with Crippen molar-refractivity contribution in [3.05, 3.63) is 0 Å². The van der Waals surface area contributed by atoms with Gasteiger partial charge in [-0.05, 0) is 0 Å². The van der Waals surface area contributed by atoms with Gasteiger partial charge in [-0.15, -0.1) is 0 Å². The summed E-state index contributed by atoms with van der Waals surface area (Å²) in [7, 11) is -2.48. The van der Waals surface area contributed by atoms with Crippen molar-refractivity contribution in [3.63, 3.8) is 0 Å². The molecule has 0 aromatic heterocycles. The first-order valence-corrected chi connectivity index (χ1v) is 13.1. The maximum Gasteiger partial charge on any atom is 0.319 e. The fraction of sp³-hybridized carbons (Fsp3) is 1.00. The summed E-state index contributed by atoms with van der Waals surface area (Å²) in [4.78, 5) is 0. The molecule has 0 aliphatic carbocycles. The molecule has 18 N–H and O–H groups in total. The van der Waals surface area contributed by atoms with Gasteiger partial charge in [-0.1, -0.05) is 0 Å². The van der Waals surface area contributed by atoms with Crippen LogP contribution >= 0.6 is 8.25 Å². The number of hydrogen-bond acceptors (Lipinski definition) is 21. The van der Waals surface area contributed by atoms with E-state index in [4.69, 9.17) is 91.9 Å². The predicted octanol–water partition coefficient (Wildman–Crippen LogP) is -8.84. The smallest absolute Gasteiger partial charge is 0.319 e. The van der Waals surface area contributed by atoms with E-state index in [2.05, 4.69) is 9.05 Å². The van der Waals surface area contributed by atoms with E-state index in [1.54, 1.807) is 0 Å². The monoisotopic (exact) mass is 666 g/mol. The van der Waals surface area contributed by atoms with E-state index in [9.17, 15) is 4.57 Å². The third-order valence-corrected chi connectivity index (χ3v) is 2.30. The molecule has 0 radical (unpaired) electrons. The molecule has 0 heterocycles. The highest BCUT2D eigenvalue weighted by molar-refractivity contribution is 7.33. The van der Waals surface area contributed by atoms with Crippen LogP contribution in [0, 0.1) is 0 Å². The van der Waals surface area contributed by atoms with E-state index < -0.39 is 8.25 Å². The minimum atomic E-state index is -2.48. The summed E-state index contributed by atoms with van der Waals surface area (Å²) in [6.45, 7) is -2.36. The van der Waals surface area contributed by atoms with Crippen LogP contribution in [0.25, 0.3) is 0 Å². The van der Waals surface area contributed by atoms with Gasteiger partial charge in [-0.2, -0.15) is 0 Å². The van der Waals surface area contributed by atoms with Crippen molar-refractivity contribution in [2.24, 2.45) is 0 Å². The third-order valence-electron chi connectivity index (χ3n) is 1.42. The molecule has 0 aromatic carbocycles. The molecule has 0 saturated heterocycles. The van der Waals surface area contributed by atoms with Crippen LogP contribution in [-0.2, 0) is 13.6 Å². The van der Waals surface area contributed by atoms with Gasteiger partial charge in [0.2, 0.25) is 0 Å². The molecular formula is C20H59O21P.